The molecule has 0 fully saturated rings. The molecule has 0 radical (unpaired) electrons. The van der Waals surface area contributed by atoms with E-state index < -0.39 is 22.5 Å². The fraction of sp³-hybridized carbons (Fsp3) is 0.321. The number of nitrogens with zero attached hydrogens (tertiary/aromatic N) is 1. The van der Waals surface area contributed by atoms with E-state index in [9.17, 15) is 18.3 Å². The third-order valence-corrected chi connectivity index (χ3v) is 8.18. The van der Waals surface area contributed by atoms with Crippen molar-refractivity contribution in [2.45, 2.75) is 50.7 Å². The van der Waals surface area contributed by atoms with Gasteiger partial charge in [0.15, 0.2) is 0 Å². The minimum atomic E-state index is -4.06. The number of hydrogen-bond donors (Lipinski definition) is 1. The third-order valence-electron chi connectivity index (χ3n) is 6.39. The minimum Gasteiger partial charge on any atom is -0.497 e. The van der Waals surface area contributed by atoms with Crippen LogP contribution in [0.3, 0.4) is 0 Å². The van der Waals surface area contributed by atoms with Crippen LogP contribution in [0.4, 0.5) is 0 Å². The summed E-state index contributed by atoms with van der Waals surface area (Å²) in [5.74, 6) is 0.193. The normalized spacial score (nSPS) is 14.7. The highest BCUT2D eigenvalue weighted by atomic mass is 32.2. The van der Waals surface area contributed by atoms with Gasteiger partial charge >= 0.3 is 5.97 Å². The van der Waals surface area contributed by atoms with E-state index in [4.69, 9.17) is 9.47 Å². The lowest BCUT2D eigenvalue weighted by molar-refractivity contribution is -0.137. The summed E-state index contributed by atoms with van der Waals surface area (Å²) >= 11 is 0. The summed E-state index contributed by atoms with van der Waals surface area (Å²) in [6.07, 6.45) is 1.46. The van der Waals surface area contributed by atoms with Crippen LogP contribution in [0, 0.1) is 6.92 Å². The predicted octanol–water partition coefficient (Wildman–Crippen LogP) is 5.05. The zero-order chi connectivity index (χ0) is 26.1. The van der Waals surface area contributed by atoms with E-state index in [1.165, 1.54) is 6.07 Å². The van der Waals surface area contributed by atoms with E-state index in [0.29, 0.717) is 17.7 Å². The van der Waals surface area contributed by atoms with Gasteiger partial charge in [0.25, 0.3) is 0 Å². The van der Waals surface area contributed by atoms with Crippen molar-refractivity contribution in [1.29, 1.82) is 0 Å². The number of ether oxygens (including phenoxy) is 2. The summed E-state index contributed by atoms with van der Waals surface area (Å²) in [7, 11) is -2.45. The Morgan fingerprint density at radius 1 is 1.11 bits per heavy atom. The second-order valence-corrected chi connectivity index (χ2v) is 11.6. The molecule has 0 atom stereocenters. The monoisotopic (exact) mass is 509 g/mol. The van der Waals surface area contributed by atoms with Crippen LogP contribution in [0.1, 0.15) is 37.0 Å². The highest BCUT2D eigenvalue weighted by Crippen LogP contribution is 2.35. The first-order chi connectivity index (χ1) is 17.0. The molecule has 0 saturated carbocycles. The number of carbonyl (C=O) groups is 1. The second kappa shape index (κ2) is 9.95. The second-order valence-electron chi connectivity index (χ2n) is 9.68. The van der Waals surface area contributed by atoms with Gasteiger partial charge in [-0.15, -0.1) is 0 Å². The van der Waals surface area contributed by atoms with Crippen LogP contribution in [-0.4, -0.2) is 43.1 Å². The SMILES string of the molecule is COc1cccc(-c2ccc(CN(CC(=O)O)S(=O)(=O)c3ccc4c(c3)CCC(C)(C)O4)cc2C)c1. The number of aryl methyl sites for hydroxylation is 2. The molecule has 0 spiro atoms. The van der Waals surface area contributed by atoms with Crippen molar-refractivity contribution in [3.8, 4) is 22.6 Å². The number of fused-ring (bicyclic) bond motifs is 1. The molecule has 1 aliphatic heterocycles. The third kappa shape index (κ3) is 5.55. The van der Waals surface area contributed by atoms with E-state index in [0.717, 1.165) is 38.7 Å². The minimum absolute atomic E-state index is 0.0610. The largest absolute Gasteiger partial charge is 0.497 e. The molecule has 0 unspecified atom stereocenters. The summed E-state index contributed by atoms with van der Waals surface area (Å²) in [5, 5.41) is 9.48. The van der Waals surface area contributed by atoms with Crippen LogP contribution in [0.25, 0.3) is 11.1 Å². The maximum absolute atomic E-state index is 13.5. The first-order valence-electron chi connectivity index (χ1n) is 11.8. The van der Waals surface area contributed by atoms with Crippen molar-refractivity contribution in [3.63, 3.8) is 0 Å². The van der Waals surface area contributed by atoms with Crippen LogP contribution >= 0.6 is 0 Å². The Morgan fingerprint density at radius 3 is 2.58 bits per heavy atom. The molecular weight excluding hydrogens is 478 g/mol. The number of carboxylic acid groups (broad SMARTS) is 1. The van der Waals surface area contributed by atoms with Gasteiger partial charge in [0.2, 0.25) is 10.0 Å². The van der Waals surface area contributed by atoms with Crippen molar-refractivity contribution in [2.24, 2.45) is 0 Å². The highest BCUT2D eigenvalue weighted by molar-refractivity contribution is 7.89. The van der Waals surface area contributed by atoms with Gasteiger partial charge in [0, 0.05) is 6.54 Å². The molecule has 7 nitrogen and oxygen atoms in total. The fourth-order valence-corrected chi connectivity index (χ4v) is 5.89. The van der Waals surface area contributed by atoms with Crippen molar-refractivity contribution in [1.82, 2.24) is 4.31 Å². The predicted molar refractivity (Wildman–Crippen MR) is 138 cm³/mol. The van der Waals surface area contributed by atoms with Crippen LogP contribution in [0.5, 0.6) is 11.5 Å². The van der Waals surface area contributed by atoms with Gasteiger partial charge in [-0.3, -0.25) is 4.79 Å². The Labute approximate surface area is 212 Å². The van der Waals surface area contributed by atoms with Crippen molar-refractivity contribution in [2.75, 3.05) is 13.7 Å². The van der Waals surface area contributed by atoms with E-state index in [-0.39, 0.29) is 17.0 Å². The lowest BCUT2D eigenvalue weighted by Gasteiger charge is -2.33. The van der Waals surface area contributed by atoms with Gasteiger partial charge in [-0.1, -0.05) is 30.3 Å². The summed E-state index contributed by atoms with van der Waals surface area (Å²) in [6, 6.07) is 18.1. The number of hydrogen-bond acceptors (Lipinski definition) is 5. The zero-order valence-corrected chi connectivity index (χ0v) is 21.8. The molecule has 0 bridgehead atoms. The number of methoxy groups -OCH3 is 1. The molecule has 0 aliphatic carbocycles. The van der Waals surface area contributed by atoms with Gasteiger partial charge in [0.05, 0.1) is 12.0 Å². The van der Waals surface area contributed by atoms with Crippen LogP contribution < -0.4 is 9.47 Å². The van der Waals surface area contributed by atoms with E-state index in [2.05, 4.69) is 0 Å². The molecular formula is C28H31NO6S. The first-order valence-corrected chi connectivity index (χ1v) is 13.2. The molecule has 36 heavy (non-hydrogen) atoms. The molecule has 4 rings (SSSR count). The van der Waals surface area contributed by atoms with E-state index in [1.807, 2.05) is 63.2 Å². The maximum Gasteiger partial charge on any atom is 0.318 e. The Morgan fingerprint density at radius 2 is 1.89 bits per heavy atom. The summed E-state index contributed by atoms with van der Waals surface area (Å²) in [5.41, 5.74) is 4.12. The summed E-state index contributed by atoms with van der Waals surface area (Å²) in [4.78, 5) is 11.7. The zero-order valence-electron chi connectivity index (χ0n) is 20.9. The van der Waals surface area contributed by atoms with Gasteiger partial charge < -0.3 is 14.6 Å². The molecule has 0 saturated heterocycles. The molecule has 3 aromatic rings. The molecule has 0 amide bonds. The summed E-state index contributed by atoms with van der Waals surface area (Å²) in [6.45, 7) is 5.24. The fourth-order valence-electron chi connectivity index (χ4n) is 4.46. The number of rotatable bonds is 8. The average molecular weight is 510 g/mol. The van der Waals surface area contributed by atoms with E-state index in [1.54, 1.807) is 19.2 Å². The average Bonchev–Trinajstić information content (AvgIpc) is 2.82. The Bertz CT molecular complexity index is 1400. The molecule has 3 aromatic carbocycles. The standard InChI is InChI=1S/C28H31NO6S/c1-19-14-20(8-10-25(19)21-6-5-7-23(15-21)34-4)17-29(18-27(30)31)36(32,33)24-9-11-26-22(16-24)12-13-28(2,3)35-26/h5-11,14-16H,12-13,17-18H2,1-4H3,(H,30,31). The van der Waals surface area contributed by atoms with Crippen molar-refractivity contribution < 1.29 is 27.8 Å². The number of sulfonamides is 1. The molecule has 1 aliphatic rings. The molecule has 8 heteroatoms. The Kier molecular flexibility index (Phi) is 7.11. The van der Waals surface area contributed by atoms with Crippen molar-refractivity contribution in [3.05, 3.63) is 77.4 Å². The molecule has 190 valence electrons. The van der Waals surface area contributed by atoms with Gasteiger partial charge in [-0.25, -0.2) is 8.42 Å². The Hall–Kier alpha value is -3.36. The topological polar surface area (TPSA) is 93.1 Å². The van der Waals surface area contributed by atoms with Crippen LogP contribution in [0.2, 0.25) is 0 Å². The smallest absolute Gasteiger partial charge is 0.318 e. The lowest BCUT2D eigenvalue weighted by atomic mass is 9.94. The van der Waals surface area contributed by atoms with E-state index >= 15 is 0 Å². The Balaban J connectivity index is 1.63. The van der Waals surface area contributed by atoms with Gasteiger partial charge in [-0.2, -0.15) is 4.31 Å². The van der Waals surface area contributed by atoms with Crippen LogP contribution in [-0.2, 0) is 27.8 Å². The number of aliphatic carboxylic acids is 1. The summed E-state index contributed by atoms with van der Waals surface area (Å²) < 4.78 is 39.4. The molecule has 1 heterocycles. The first kappa shape index (κ1) is 25.7. The highest BCUT2D eigenvalue weighted by Gasteiger charge is 2.31. The van der Waals surface area contributed by atoms with Gasteiger partial charge in [-0.05, 0) is 91.8 Å². The number of benzene rings is 3. The molecule has 0 aromatic heterocycles. The lowest BCUT2D eigenvalue weighted by Crippen LogP contribution is -2.36. The quantitative estimate of drug-likeness (QED) is 0.457. The number of carboxylic acids is 1. The van der Waals surface area contributed by atoms with Gasteiger partial charge in [0.1, 0.15) is 23.6 Å². The molecule has 1 N–H and O–H groups in total. The maximum atomic E-state index is 13.5. The van der Waals surface area contributed by atoms with Crippen LogP contribution in [0.15, 0.2) is 65.6 Å². The van der Waals surface area contributed by atoms with Crippen molar-refractivity contribution >= 4 is 16.0 Å².